The van der Waals surface area contributed by atoms with Crippen LogP contribution in [0.15, 0.2) is 54.6 Å². The first-order chi connectivity index (χ1) is 13.4. The summed E-state index contributed by atoms with van der Waals surface area (Å²) in [5, 5.41) is 2.60. The highest BCUT2D eigenvalue weighted by molar-refractivity contribution is 5.95. The second-order valence-corrected chi connectivity index (χ2v) is 6.72. The Kier molecular flexibility index (Phi) is 6.70. The lowest BCUT2D eigenvalue weighted by Gasteiger charge is -2.33. The van der Waals surface area contributed by atoms with Gasteiger partial charge in [-0.1, -0.05) is 42.5 Å². The van der Waals surface area contributed by atoms with Gasteiger partial charge in [0, 0.05) is 26.2 Å². The van der Waals surface area contributed by atoms with E-state index >= 15 is 0 Å². The molecule has 1 N–H and O–H groups in total. The van der Waals surface area contributed by atoms with Crippen LogP contribution >= 0.6 is 0 Å². The van der Waals surface area contributed by atoms with E-state index in [2.05, 4.69) is 10.2 Å². The number of nitrogens with zero attached hydrogens (tertiary/aromatic N) is 1. The van der Waals surface area contributed by atoms with Gasteiger partial charge in [0.25, 0.3) is 5.91 Å². The molecular formula is C21H23F3N2O2. The topological polar surface area (TPSA) is 41.6 Å². The van der Waals surface area contributed by atoms with Crippen molar-refractivity contribution in [3.05, 3.63) is 71.3 Å². The van der Waals surface area contributed by atoms with E-state index in [1.54, 1.807) is 0 Å². The Labute approximate surface area is 162 Å². The summed E-state index contributed by atoms with van der Waals surface area (Å²) in [6.07, 6.45) is -3.88. The minimum Gasteiger partial charge on any atom is -0.371 e. The highest BCUT2D eigenvalue weighted by Gasteiger charge is 2.34. The number of ether oxygens (including phenoxy) is 1. The van der Waals surface area contributed by atoms with E-state index in [9.17, 15) is 18.0 Å². The van der Waals surface area contributed by atoms with Crippen LogP contribution in [0.5, 0.6) is 0 Å². The number of nitrogens with one attached hydrogen (secondary N) is 1. The van der Waals surface area contributed by atoms with Crippen LogP contribution in [-0.2, 0) is 10.9 Å². The molecule has 1 atom stereocenters. The summed E-state index contributed by atoms with van der Waals surface area (Å²) in [6, 6.07) is 14.8. The van der Waals surface area contributed by atoms with Crippen molar-refractivity contribution in [1.82, 2.24) is 10.2 Å². The van der Waals surface area contributed by atoms with Gasteiger partial charge in [0.1, 0.15) is 0 Å². The van der Waals surface area contributed by atoms with E-state index < -0.39 is 17.6 Å². The van der Waals surface area contributed by atoms with Crippen LogP contribution in [-0.4, -0.2) is 43.6 Å². The molecular weight excluding hydrogens is 369 g/mol. The lowest BCUT2D eigenvalue weighted by Crippen LogP contribution is -2.40. The van der Waals surface area contributed by atoms with Crippen molar-refractivity contribution in [1.29, 1.82) is 0 Å². The zero-order valence-corrected chi connectivity index (χ0v) is 15.4. The third-order valence-corrected chi connectivity index (χ3v) is 4.74. The molecule has 7 heteroatoms. The van der Waals surface area contributed by atoms with Crippen LogP contribution < -0.4 is 5.32 Å². The average molecular weight is 392 g/mol. The predicted molar refractivity (Wildman–Crippen MR) is 100.0 cm³/mol. The molecule has 0 spiro atoms. The molecule has 3 rings (SSSR count). The molecule has 0 bridgehead atoms. The van der Waals surface area contributed by atoms with Crippen molar-refractivity contribution < 1.29 is 22.7 Å². The average Bonchev–Trinajstić information content (AvgIpc) is 2.71. The van der Waals surface area contributed by atoms with E-state index in [0.717, 1.165) is 31.3 Å². The van der Waals surface area contributed by atoms with Gasteiger partial charge in [0.15, 0.2) is 0 Å². The highest BCUT2D eigenvalue weighted by Crippen LogP contribution is 2.31. The first-order valence-electron chi connectivity index (χ1n) is 9.28. The number of hydrogen-bond donors (Lipinski definition) is 1. The third kappa shape index (κ3) is 5.33. The highest BCUT2D eigenvalue weighted by atomic mass is 19.4. The Morgan fingerprint density at radius 1 is 1.11 bits per heavy atom. The third-order valence-electron chi connectivity index (χ3n) is 4.74. The summed E-state index contributed by atoms with van der Waals surface area (Å²) in [7, 11) is 0. The van der Waals surface area contributed by atoms with Crippen LogP contribution in [0.1, 0.15) is 34.0 Å². The summed E-state index contributed by atoms with van der Waals surface area (Å²) < 4.78 is 44.9. The molecule has 1 aliphatic rings. The number of hydrogen-bond acceptors (Lipinski definition) is 3. The van der Waals surface area contributed by atoms with E-state index in [1.165, 1.54) is 18.2 Å². The van der Waals surface area contributed by atoms with Crippen molar-refractivity contribution in [3.8, 4) is 0 Å². The second kappa shape index (κ2) is 9.21. The van der Waals surface area contributed by atoms with Gasteiger partial charge in [0.2, 0.25) is 0 Å². The SMILES string of the molecule is O=C(NCCCN1CCO[C@H](c2ccccc2)C1)c1ccccc1C(F)(F)F. The van der Waals surface area contributed by atoms with Gasteiger partial charge in [-0.05, 0) is 24.1 Å². The number of alkyl halides is 3. The van der Waals surface area contributed by atoms with Gasteiger partial charge in [-0.25, -0.2) is 0 Å². The van der Waals surface area contributed by atoms with Gasteiger partial charge in [-0.3, -0.25) is 9.69 Å². The number of halogens is 3. The Hall–Kier alpha value is -2.38. The lowest BCUT2D eigenvalue weighted by atomic mass is 10.1. The zero-order chi connectivity index (χ0) is 20.0. The van der Waals surface area contributed by atoms with Crippen molar-refractivity contribution in [2.45, 2.75) is 18.7 Å². The number of carbonyl (C=O) groups excluding carboxylic acids is 1. The number of amides is 1. The van der Waals surface area contributed by atoms with Crippen molar-refractivity contribution >= 4 is 5.91 Å². The molecule has 2 aromatic rings. The summed E-state index contributed by atoms with van der Waals surface area (Å²) in [5.74, 6) is -0.697. The normalized spacial score (nSPS) is 18.0. The fourth-order valence-electron chi connectivity index (χ4n) is 3.30. The molecule has 0 unspecified atom stereocenters. The second-order valence-electron chi connectivity index (χ2n) is 6.72. The number of rotatable bonds is 6. The van der Waals surface area contributed by atoms with Gasteiger partial charge in [-0.2, -0.15) is 13.2 Å². The summed E-state index contributed by atoms with van der Waals surface area (Å²) >= 11 is 0. The molecule has 0 saturated carbocycles. The van der Waals surface area contributed by atoms with Gasteiger partial charge >= 0.3 is 6.18 Å². The first-order valence-corrected chi connectivity index (χ1v) is 9.28. The summed E-state index contributed by atoms with van der Waals surface area (Å²) in [4.78, 5) is 14.4. The summed E-state index contributed by atoms with van der Waals surface area (Å²) in [6.45, 7) is 3.25. The van der Waals surface area contributed by atoms with E-state index in [4.69, 9.17) is 4.74 Å². The van der Waals surface area contributed by atoms with E-state index in [1.807, 2.05) is 30.3 Å². The van der Waals surface area contributed by atoms with E-state index in [-0.39, 0.29) is 11.7 Å². The minimum atomic E-state index is -4.55. The summed E-state index contributed by atoms with van der Waals surface area (Å²) in [5.41, 5.74) is -0.124. The molecule has 1 amide bonds. The zero-order valence-electron chi connectivity index (χ0n) is 15.4. The molecule has 4 nitrogen and oxygen atoms in total. The Balaban J connectivity index is 1.47. The van der Waals surface area contributed by atoms with Crippen LogP contribution in [0.4, 0.5) is 13.2 Å². The molecule has 28 heavy (non-hydrogen) atoms. The molecule has 1 heterocycles. The van der Waals surface area contributed by atoms with Crippen molar-refractivity contribution in [3.63, 3.8) is 0 Å². The lowest BCUT2D eigenvalue weighted by molar-refractivity contribution is -0.137. The molecule has 0 aromatic heterocycles. The minimum absolute atomic E-state index is 0.0169. The maximum Gasteiger partial charge on any atom is 0.417 e. The molecule has 0 radical (unpaired) electrons. The molecule has 2 aromatic carbocycles. The van der Waals surface area contributed by atoms with Crippen LogP contribution in [0.25, 0.3) is 0 Å². The Bertz CT molecular complexity index is 781. The molecule has 0 aliphatic carbocycles. The molecule has 1 fully saturated rings. The quantitative estimate of drug-likeness (QED) is 0.759. The predicted octanol–water partition coefficient (Wildman–Crippen LogP) is 3.90. The molecule has 150 valence electrons. The van der Waals surface area contributed by atoms with Gasteiger partial charge in [-0.15, -0.1) is 0 Å². The number of carbonyl (C=O) groups is 1. The monoisotopic (exact) mass is 392 g/mol. The van der Waals surface area contributed by atoms with Crippen LogP contribution in [0.3, 0.4) is 0 Å². The number of benzene rings is 2. The maximum absolute atomic E-state index is 13.0. The molecule has 1 aliphatic heterocycles. The van der Waals surface area contributed by atoms with E-state index in [0.29, 0.717) is 19.6 Å². The van der Waals surface area contributed by atoms with Crippen LogP contribution in [0.2, 0.25) is 0 Å². The smallest absolute Gasteiger partial charge is 0.371 e. The fourth-order valence-corrected chi connectivity index (χ4v) is 3.30. The van der Waals surface area contributed by atoms with Crippen LogP contribution in [0, 0.1) is 0 Å². The maximum atomic E-state index is 13.0. The van der Waals surface area contributed by atoms with Gasteiger partial charge in [0.05, 0.1) is 23.8 Å². The molecule has 1 saturated heterocycles. The van der Waals surface area contributed by atoms with Gasteiger partial charge < -0.3 is 10.1 Å². The fraction of sp³-hybridized carbons (Fsp3) is 0.381. The Morgan fingerprint density at radius 3 is 2.57 bits per heavy atom. The Morgan fingerprint density at radius 2 is 1.82 bits per heavy atom. The van der Waals surface area contributed by atoms with Crippen molar-refractivity contribution in [2.24, 2.45) is 0 Å². The first kappa shape index (κ1) is 20.4. The largest absolute Gasteiger partial charge is 0.417 e. The standard InChI is InChI=1S/C21H23F3N2O2/c22-21(23,24)18-10-5-4-9-17(18)20(27)25-11-6-12-26-13-14-28-19(15-26)16-7-2-1-3-8-16/h1-5,7-10,19H,6,11-15H2,(H,25,27)/t19-/m0/s1. The van der Waals surface area contributed by atoms with Crippen molar-refractivity contribution in [2.75, 3.05) is 32.8 Å². The number of morpholine rings is 1.